The van der Waals surface area contributed by atoms with E-state index in [9.17, 15) is 9.18 Å². The molecule has 0 fully saturated rings. The zero-order chi connectivity index (χ0) is 20.4. The first kappa shape index (κ1) is 19.2. The summed E-state index contributed by atoms with van der Waals surface area (Å²) in [5.41, 5.74) is 5.29. The summed E-state index contributed by atoms with van der Waals surface area (Å²) in [6, 6.07) is 14.5. The molecule has 4 nitrogen and oxygen atoms in total. The maximum atomic E-state index is 13.6. The molecule has 4 rings (SSSR count). The van der Waals surface area contributed by atoms with Crippen LogP contribution in [0.15, 0.2) is 48.5 Å². The van der Waals surface area contributed by atoms with Gasteiger partial charge < -0.3 is 5.32 Å². The fourth-order valence-electron chi connectivity index (χ4n) is 3.73. The fraction of sp³-hybridized carbons (Fsp3) is 0.292. The van der Waals surface area contributed by atoms with Crippen LogP contribution in [-0.2, 0) is 30.5 Å². The van der Waals surface area contributed by atoms with E-state index in [-0.39, 0.29) is 11.7 Å². The van der Waals surface area contributed by atoms with Crippen molar-refractivity contribution in [1.29, 1.82) is 0 Å². The van der Waals surface area contributed by atoms with Crippen molar-refractivity contribution in [2.45, 2.75) is 39.5 Å². The molecule has 0 unspecified atom stereocenters. The molecule has 0 bridgehead atoms. The van der Waals surface area contributed by atoms with Crippen LogP contribution >= 0.6 is 0 Å². The van der Waals surface area contributed by atoms with E-state index < -0.39 is 0 Å². The van der Waals surface area contributed by atoms with Gasteiger partial charge in [0, 0.05) is 5.56 Å². The first-order valence-corrected chi connectivity index (χ1v) is 10.0. The molecule has 0 atom stereocenters. The van der Waals surface area contributed by atoms with E-state index in [0.717, 1.165) is 40.2 Å². The third-order valence-electron chi connectivity index (χ3n) is 5.06. The standard InChI is InChI=1S/C24H24FN3O/c1-15(2)12-21-24(28-22(29)13-16-6-4-3-5-7-16)27-20-11-8-17-14-18(25)9-10-19(17)23(20)26-21/h3-7,9-10,14-15H,8,11-13H2,1-2H3,(H,27,28,29). The van der Waals surface area contributed by atoms with E-state index >= 15 is 0 Å². The summed E-state index contributed by atoms with van der Waals surface area (Å²) in [5, 5.41) is 2.98. The van der Waals surface area contributed by atoms with Crippen molar-refractivity contribution in [1.82, 2.24) is 9.97 Å². The van der Waals surface area contributed by atoms with Gasteiger partial charge in [0.1, 0.15) is 5.82 Å². The average molecular weight is 389 g/mol. The van der Waals surface area contributed by atoms with E-state index in [1.54, 1.807) is 12.1 Å². The largest absolute Gasteiger partial charge is 0.309 e. The highest BCUT2D eigenvalue weighted by atomic mass is 19.1. The Hall–Kier alpha value is -3.08. The smallest absolute Gasteiger partial charge is 0.229 e. The number of aromatic nitrogens is 2. The Morgan fingerprint density at radius 3 is 2.66 bits per heavy atom. The minimum Gasteiger partial charge on any atom is -0.309 e. The van der Waals surface area contributed by atoms with Crippen molar-refractivity contribution >= 4 is 11.7 Å². The molecule has 5 heteroatoms. The number of amides is 1. The van der Waals surface area contributed by atoms with Gasteiger partial charge in [-0.2, -0.15) is 0 Å². The molecule has 1 aromatic heterocycles. The fourth-order valence-corrected chi connectivity index (χ4v) is 3.73. The molecule has 0 radical (unpaired) electrons. The van der Waals surface area contributed by atoms with Crippen LogP contribution in [0.3, 0.4) is 0 Å². The van der Waals surface area contributed by atoms with E-state index in [0.29, 0.717) is 31.0 Å². The van der Waals surface area contributed by atoms with Crippen molar-refractivity contribution in [2.75, 3.05) is 5.32 Å². The van der Waals surface area contributed by atoms with Crippen molar-refractivity contribution in [3.05, 3.63) is 76.9 Å². The summed E-state index contributed by atoms with van der Waals surface area (Å²) in [5.74, 6) is 0.577. The highest BCUT2D eigenvalue weighted by Gasteiger charge is 2.23. The van der Waals surface area contributed by atoms with Gasteiger partial charge in [0.15, 0.2) is 5.82 Å². The van der Waals surface area contributed by atoms with Gasteiger partial charge >= 0.3 is 0 Å². The number of carbonyl (C=O) groups is 1. The molecule has 0 aliphatic heterocycles. The second-order valence-electron chi connectivity index (χ2n) is 7.92. The maximum Gasteiger partial charge on any atom is 0.229 e. The molecule has 1 heterocycles. The van der Waals surface area contributed by atoms with Crippen LogP contribution in [0.5, 0.6) is 0 Å². The molecular weight excluding hydrogens is 365 g/mol. The van der Waals surface area contributed by atoms with Crippen molar-refractivity contribution in [2.24, 2.45) is 5.92 Å². The number of anilines is 1. The highest BCUT2D eigenvalue weighted by molar-refractivity contribution is 5.92. The number of fused-ring (bicyclic) bond motifs is 3. The first-order valence-electron chi connectivity index (χ1n) is 10.0. The Morgan fingerprint density at radius 1 is 1.10 bits per heavy atom. The second kappa shape index (κ2) is 8.11. The molecule has 148 valence electrons. The lowest BCUT2D eigenvalue weighted by atomic mass is 9.91. The molecule has 1 aliphatic carbocycles. The minimum absolute atomic E-state index is 0.103. The number of rotatable bonds is 5. The number of benzene rings is 2. The van der Waals surface area contributed by atoms with Gasteiger partial charge in [-0.15, -0.1) is 0 Å². The molecule has 3 aromatic rings. The molecule has 0 saturated carbocycles. The van der Waals surface area contributed by atoms with E-state index in [2.05, 4.69) is 19.2 Å². The quantitative estimate of drug-likeness (QED) is 0.684. The Bertz CT molecular complexity index is 1050. The topological polar surface area (TPSA) is 54.9 Å². The molecule has 29 heavy (non-hydrogen) atoms. The van der Waals surface area contributed by atoms with Crippen LogP contribution in [0.1, 0.15) is 36.4 Å². The number of nitrogens with one attached hydrogen (secondary N) is 1. The number of aryl methyl sites for hydroxylation is 2. The lowest BCUT2D eigenvalue weighted by Gasteiger charge is -2.21. The van der Waals surface area contributed by atoms with Crippen molar-refractivity contribution in [3.8, 4) is 11.3 Å². The van der Waals surface area contributed by atoms with Crippen LogP contribution in [0.4, 0.5) is 10.2 Å². The van der Waals surface area contributed by atoms with Crippen LogP contribution in [0.2, 0.25) is 0 Å². The second-order valence-corrected chi connectivity index (χ2v) is 7.92. The first-order chi connectivity index (χ1) is 14.0. The van der Waals surface area contributed by atoms with Crippen molar-refractivity contribution < 1.29 is 9.18 Å². The van der Waals surface area contributed by atoms with E-state index in [4.69, 9.17) is 9.97 Å². The van der Waals surface area contributed by atoms with Crippen LogP contribution in [-0.4, -0.2) is 15.9 Å². The molecular formula is C24H24FN3O. The Balaban J connectivity index is 1.67. The van der Waals surface area contributed by atoms with Crippen LogP contribution in [0.25, 0.3) is 11.3 Å². The molecule has 1 amide bonds. The molecule has 2 aromatic carbocycles. The third kappa shape index (κ3) is 4.34. The Morgan fingerprint density at radius 2 is 1.90 bits per heavy atom. The van der Waals surface area contributed by atoms with Gasteiger partial charge in [0.25, 0.3) is 0 Å². The summed E-state index contributed by atoms with van der Waals surface area (Å²) in [7, 11) is 0. The summed E-state index contributed by atoms with van der Waals surface area (Å²) in [6.45, 7) is 4.22. The van der Waals surface area contributed by atoms with Gasteiger partial charge in [-0.3, -0.25) is 4.79 Å². The van der Waals surface area contributed by atoms with Gasteiger partial charge in [0.05, 0.1) is 23.5 Å². The summed E-state index contributed by atoms with van der Waals surface area (Å²) in [4.78, 5) is 22.3. The number of hydrogen-bond donors (Lipinski definition) is 1. The third-order valence-corrected chi connectivity index (χ3v) is 5.06. The number of halogens is 1. The van der Waals surface area contributed by atoms with Gasteiger partial charge in [-0.1, -0.05) is 44.2 Å². The van der Waals surface area contributed by atoms with Crippen LogP contribution in [0, 0.1) is 11.7 Å². The lowest BCUT2D eigenvalue weighted by molar-refractivity contribution is -0.115. The summed E-state index contributed by atoms with van der Waals surface area (Å²) in [6.07, 6.45) is 2.40. The molecule has 0 saturated heterocycles. The van der Waals surface area contributed by atoms with E-state index in [1.807, 2.05) is 30.3 Å². The van der Waals surface area contributed by atoms with Gasteiger partial charge in [-0.05, 0) is 54.5 Å². The average Bonchev–Trinajstić information content (AvgIpc) is 2.68. The summed E-state index contributed by atoms with van der Waals surface area (Å²) >= 11 is 0. The zero-order valence-electron chi connectivity index (χ0n) is 16.7. The molecule has 0 spiro atoms. The van der Waals surface area contributed by atoms with Gasteiger partial charge in [-0.25, -0.2) is 14.4 Å². The SMILES string of the molecule is CC(C)Cc1nc2c(nc1NC(=O)Cc1ccccc1)CCc1cc(F)ccc1-2. The number of nitrogens with zero attached hydrogens (tertiary/aromatic N) is 2. The van der Waals surface area contributed by atoms with Gasteiger partial charge in [0.2, 0.25) is 5.91 Å². The predicted octanol–water partition coefficient (Wildman–Crippen LogP) is 4.76. The predicted molar refractivity (Wildman–Crippen MR) is 112 cm³/mol. The Labute approximate surface area is 170 Å². The zero-order valence-corrected chi connectivity index (χ0v) is 16.7. The highest BCUT2D eigenvalue weighted by Crippen LogP contribution is 2.33. The lowest BCUT2D eigenvalue weighted by Crippen LogP contribution is -2.20. The molecule has 1 N–H and O–H groups in total. The number of hydrogen-bond acceptors (Lipinski definition) is 3. The Kier molecular flexibility index (Phi) is 5.38. The minimum atomic E-state index is -0.229. The van der Waals surface area contributed by atoms with Crippen LogP contribution < -0.4 is 5.32 Å². The van der Waals surface area contributed by atoms with E-state index in [1.165, 1.54) is 6.07 Å². The monoisotopic (exact) mass is 389 g/mol. The summed E-state index contributed by atoms with van der Waals surface area (Å²) < 4.78 is 13.6. The maximum absolute atomic E-state index is 13.6. The number of carbonyl (C=O) groups excluding carboxylic acids is 1. The normalized spacial score (nSPS) is 12.4. The molecule has 1 aliphatic rings. The van der Waals surface area contributed by atoms with Crippen molar-refractivity contribution in [3.63, 3.8) is 0 Å².